The van der Waals surface area contributed by atoms with Crippen LogP contribution in [0, 0.1) is 0 Å². The van der Waals surface area contributed by atoms with Crippen LogP contribution < -0.4 is 5.73 Å². The molecule has 0 heterocycles. The van der Waals surface area contributed by atoms with Crippen molar-refractivity contribution in [1.82, 2.24) is 0 Å². The van der Waals surface area contributed by atoms with Crippen LogP contribution in [0.25, 0.3) is 0 Å². The van der Waals surface area contributed by atoms with Crippen LogP contribution >= 0.6 is 7.60 Å². The molecule has 0 fully saturated rings. The van der Waals surface area contributed by atoms with Crippen molar-refractivity contribution in [2.45, 2.75) is 19.6 Å². The average Bonchev–Trinajstić information content (AvgIpc) is 2.38. The molecule has 0 saturated heterocycles. The highest BCUT2D eigenvalue weighted by atomic mass is 31.2. The Labute approximate surface area is 112 Å². The van der Waals surface area contributed by atoms with Crippen molar-refractivity contribution >= 4 is 13.6 Å². The van der Waals surface area contributed by atoms with E-state index in [0.29, 0.717) is 5.56 Å². The highest BCUT2D eigenvalue weighted by molar-refractivity contribution is 7.54. The van der Waals surface area contributed by atoms with Crippen molar-refractivity contribution in [3.05, 3.63) is 35.4 Å². The van der Waals surface area contributed by atoms with E-state index in [1.165, 1.54) is 24.3 Å². The van der Waals surface area contributed by atoms with Crippen LogP contribution in [0.15, 0.2) is 24.3 Å². The summed E-state index contributed by atoms with van der Waals surface area (Å²) in [4.78, 5) is 10.7. The summed E-state index contributed by atoms with van der Waals surface area (Å²) < 4.78 is 22.8. The van der Waals surface area contributed by atoms with E-state index in [2.05, 4.69) is 0 Å². The molecule has 19 heavy (non-hydrogen) atoms. The van der Waals surface area contributed by atoms with Gasteiger partial charge in [0.2, 0.25) is 0 Å². The topological polar surface area (TPSA) is 98.9 Å². The molecule has 0 aliphatic carbocycles. The summed E-state index contributed by atoms with van der Waals surface area (Å²) in [6.45, 7) is 3.84. The van der Waals surface area contributed by atoms with Crippen LogP contribution in [0.5, 0.6) is 0 Å². The molecule has 6 nitrogen and oxygen atoms in total. The van der Waals surface area contributed by atoms with E-state index in [1.54, 1.807) is 13.8 Å². The summed E-state index contributed by atoms with van der Waals surface area (Å²) >= 11 is 0. The average molecular weight is 287 g/mol. The lowest BCUT2D eigenvalue weighted by Gasteiger charge is -2.23. The third-order valence-corrected chi connectivity index (χ3v) is 4.67. The van der Waals surface area contributed by atoms with E-state index in [0.717, 1.165) is 0 Å². The molecule has 1 atom stereocenters. The summed E-state index contributed by atoms with van der Waals surface area (Å²) in [5.41, 5.74) is 6.56. The molecule has 1 rings (SSSR count). The highest BCUT2D eigenvalue weighted by Crippen LogP contribution is 2.58. The van der Waals surface area contributed by atoms with Crippen LogP contribution in [0.3, 0.4) is 0 Å². The molecule has 106 valence electrons. The molecule has 0 saturated carbocycles. The quantitative estimate of drug-likeness (QED) is 0.748. The second-order valence-electron chi connectivity index (χ2n) is 3.75. The SMILES string of the molecule is CCOP(=O)(OCC)[C@H](N)c1ccc(C(=O)O)cc1. The van der Waals surface area contributed by atoms with Crippen LogP contribution in [0.1, 0.15) is 35.6 Å². The van der Waals surface area contributed by atoms with Gasteiger partial charge in [0.1, 0.15) is 5.78 Å². The van der Waals surface area contributed by atoms with E-state index < -0.39 is 19.3 Å². The van der Waals surface area contributed by atoms with Gasteiger partial charge in [0.15, 0.2) is 0 Å². The zero-order chi connectivity index (χ0) is 14.5. The molecule has 1 aromatic carbocycles. The van der Waals surface area contributed by atoms with E-state index in [1.807, 2.05) is 0 Å². The Balaban J connectivity index is 2.99. The van der Waals surface area contributed by atoms with Gasteiger partial charge in [0, 0.05) is 0 Å². The molecule has 0 aliphatic heterocycles. The molecule has 3 N–H and O–H groups in total. The first kappa shape index (κ1) is 15.9. The number of hydrogen-bond acceptors (Lipinski definition) is 5. The molecule has 0 aliphatic rings. The van der Waals surface area contributed by atoms with Crippen molar-refractivity contribution in [2.75, 3.05) is 13.2 Å². The van der Waals surface area contributed by atoms with Gasteiger partial charge in [-0.1, -0.05) is 12.1 Å². The predicted octanol–water partition coefficient (Wildman–Crippen LogP) is 2.61. The largest absolute Gasteiger partial charge is 0.478 e. The van der Waals surface area contributed by atoms with E-state index in [-0.39, 0.29) is 18.8 Å². The molecular formula is C12H18NO5P. The van der Waals surface area contributed by atoms with Crippen molar-refractivity contribution in [3.8, 4) is 0 Å². The van der Waals surface area contributed by atoms with Crippen molar-refractivity contribution in [1.29, 1.82) is 0 Å². The summed E-state index contributed by atoms with van der Waals surface area (Å²) in [6, 6.07) is 5.83. The number of carbonyl (C=O) groups is 1. The van der Waals surface area contributed by atoms with Gasteiger partial charge in [-0.3, -0.25) is 4.57 Å². The van der Waals surface area contributed by atoms with Crippen molar-refractivity contribution < 1.29 is 23.5 Å². The second kappa shape index (κ2) is 6.82. The zero-order valence-corrected chi connectivity index (χ0v) is 11.8. The lowest BCUT2D eigenvalue weighted by molar-refractivity contribution is 0.0697. The first-order valence-corrected chi connectivity index (χ1v) is 7.53. The normalized spacial score (nSPS) is 13.2. The Kier molecular flexibility index (Phi) is 5.69. The first-order chi connectivity index (χ1) is 8.94. The third kappa shape index (κ3) is 3.88. The van der Waals surface area contributed by atoms with Gasteiger partial charge >= 0.3 is 13.6 Å². The second-order valence-corrected chi connectivity index (χ2v) is 5.90. The summed E-state index contributed by atoms with van der Waals surface area (Å²) in [5, 5.41) is 8.81. The van der Waals surface area contributed by atoms with Gasteiger partial charge in [-0.2, -0.15) is 0 Å². The van der Waals surface area contributed by atoms with Gasteiger partial charge < -0.3 is 19.9 Å². The summed E-state index contributed by atoms with van der Waals surface area (Å²) in [7, 11) is -3.44. The smallest absolute Gasteiger partial charge is 0.351 e. The van der Waals surface area contributed by atoms with Crippen LogP contribution in [0.2, 0.25) is 0 Å². The number of benzene rings is 1. The molecule has 0 aromatic heterocycles. The number of hydrogen-bond donors (Lipinski definition) is 2. The fourth-order valence-corrected chi connectivity index (χ4v) is 3.22. The highest BCUT2D eigenvalue weighted by Gasteiger charge is 2.33. The van der Waals surface area contributed by atoms with E-state index in [4.69, 9.17) is 19.9 Å². The molecule has 0 amide bonds. The minimum Gasteiger partial charge on any atom is -0.478 e. The summed E-state index contributed by atoms with van der Waals surface area (Å²) in [5.74, 6) is -1.96. The molecular weight excluding hydrogens is 269 g/mol. The Morgan fingerprint density at radius 1 is 1.26 bits per heavy atom. The molecule has 0 unspecified atom stereocenters. The maximum atomic E-state index is 12.4. The number of carboxylic acid groups (broad SMARTS) is 1. The van der Waals surface area contributed by atoms with Gasteiger partial charge in [-0.15, -0.1) is 0 Å². The third-order valence-electron chi connectivity index (χ3n) is 2.46. The maximum absolute atomic E-state index is 12.4. The van der Waals surface area contributed by atoms with E-state index >= 15 is 0 Å². The maximum Gasteiger partial charge on any atom is 0.351 e. The molecule has 0 radical (unpaired) electrons. The Bertz CT molecular complexity index is 464. The lowest BCUT2D eigenvalue weighted by atomic mass is 10.1. The minimum atomic E-state index is -3.44. The lowest BCUT2D eigenvalue weighted by Crippen LogP contribution is -2.15. The van der Waals surface area contributed by atoms with Gasteiger partial charge in [0.25, 0.3) is 0 Å². The first-order valence-electron chi connectivity index (χ1n) is 5.92. The Morgan fingerprint density at radius 3 is 2.11 bits per heavy atom. The zero-order valence-electron chi connectivity index (χ0n) is 10.9. The molecule has 0 bridgehead atoms. The molecule has 1 aromatic rings. The monoisotopic (exact) mass is 287 g/mol. The van der Waals surface area contributed by atoms with Crippen molar-refractivity contribution in [3.63, 3.8) is 0 Å². The Hall–Kier alpha value is -1.20. The van der Waals surface area contributed by atoms with Gasteiger partial charge in [-0.05, 0) is 31.5 Å². The number of aromatic carboxylic acids is 1. The minimum absolute atomic E-state index is 0.138. The van der Waals surface area contributed by atoms with Crippen LogP contribution in [-0.4, -0.2) is 24.3 Å². The fourth-order valence-electron chi connectivity index (χ4n) is 1.56. The van der Waals surface area contributed by atoms with Crippen LogP contribution in [0.4, 0.5) is 0 Å². The van der Waals surface area contributed by atoms with Gasteiger partial charge in [0.05, 0.1) is 18.8 Å². The van der Waals surface area contributed by atoms with Crippen LogP contribution in [-0.2, 0) is 13.6 Å². The Morgan fingerprint density at radius 2 is 1.74 bits per heavy atom. The number of carboxylic acids is 1. The van der Waals surface area contributed by atoms with Gasteiger partial charge in [-0.25, -0.2) is 4.79 Å². The number of nitrogens with two attached hydrogens (primary N) is 1. The van der Waals surface area contributed by atoms with Crippen molar-refractivity contribution in [2.24, 2.45) is 5.73 Å². The van der Waals surface area contributed by atoms with E-state index in [9.17, 15) is 9.36 Å². The molecule has 7 heteroatoms. The number of rotatable bonds is 7. The fraction of sp³-hybridized carbons (Fsp3) is 0.417. The molecule has 0 spiro atoms. The predicted molar refractivity (Wildman–Crippen MR) is 71.2 cm³/mol. The standard InChI is InChI=1S/C12H18NO5P/c1-3-17-19(16,18-4-2)11(13)9-5-7-10(8-6-9)12(14)15/h5-8,11H,3-4,13H2,1-2H3,(H,14,15)/t11-/m0/s1. The summed E-state index contributed by atoms with van der Waals surface area (Å²) in [6.07, 6.45) is 0.